The van der Waals surface area contributed by atoms with E-state index in [1.165, 1.54) is 0 Å². The fourth-order valence-corrected chi connectivity index (χ4v) is 0.772. The van der Waals surface area contributed by atoms with E-state index in [1.807, 2.05) is 6.08 Å². The van der Waals surface area contributed by atoms with E-state index < -0.39 is 0 Å². The fourth-order valence-electron chi connectivity index (χ4n) is 0.772. The molecular weight excluding hydrogens is 112 g/mol. The van der Waals surface area contributed by atoms with Gasteiger partial charge in [0.25, 0.3) is 0 Å². The summed E-state index contributed by atoms with van der Waals surface area (Å²) in [7, 11) is 0. The highest BCUT2D eigenvalue weighted by atomic mass is 16.3. The third-order valence-corrected chi connectivity index (χ3v) is 1.65. The number of hydrogen-bond acceptors (Lipinski definition) is 1. The highest BCUT2D eigenvalue weighted by molar-refractivity contribution is 4.74. The van der Waals surface area contributed by atoms with Crippen LogP contribution in [0.15, 0.2) is 12.7 Å². The van der Waals surface area contributed by atoms with Crippen molar-refractivity contribution in [1.29, 1.82) is 0 Å². The lowest BCUT2D eigenvalue weighted by Gasteiger charge is -2.14. The second-order valence-corrected chi connectivity index (χ2v) is 2.71. The third-order valence-electron chi connectivity index (χ3n) is 1.65. The molecule has 0 amide bonds. The maximum absolute atomic E-state index is 8.78. The molecule has 0 spiro atoms. The van der Waals surface area contributed by atoms with Crippen molar-refractivity contribution in [1.82, 2.24) is 0 Å². The average Bonchev–Trinajstić information content (AvgIpc) is 1.82. The predicted molar refractivity (Wildman–Crippen MR) is 40.2 cm³/mol. The number of aliphatic hydroxyl groups excluding tert-OH is 1. The minimum atomic E-state index is 0.281. The highest BCUT2D eigenvalue weighted by Gasteiger charge is 2.08. The molecule has 0 saturated carbocycles. The summed E-state index contributed by atoms with van der Waals surface area (Å²) >= 11 is 0. The standard InChI is InChI=1S/C8H16O/c1-4-5-8(6-9)7(2)3/h4,7-9H,1,5-6H2,2-3H3/t8-/m0/s1. The minimum Gasteiger partial charge on any atom is -0.396 e. The maximum atomic E-state index is 8.78. The van der Waals surface area contributed by atoms with Gasteiger partial charge in [-0.25, -0.2) is 0 Å². The van der Waals surface area contributed by atoms with E-state index in [0.29, 0.717) is 11.8 Å². The Morgan fingerprint density at radius 1 is 1.56 bits per heavy atom. The van der Waals surface area contributed by atoms with E-state index in [1.54, 1.807) is 0 Å². The van der Waals surface area contributed by atoms with Gasteiger partial charge in [0.05, 0.1) is 0 Å². The first-order chi connectivity index (χ1) is 4.22. The maximum Gasteiger partial charge on any atom is 0.0464 e. The minimum absolute atomic E-state index is 0.281. The van der Waals surface area contributed by atoms with Crippen molar-refractivity contribution < 1.29 is 5.11 Å². The lowest BCUT2D eigenvalue weighted by atomic mass is 9.94. The molecule has 0 fully saturated rings. The Morgan fingerprint density at radius 3 is 2.22 bits per heavy atom. The average molecular weight is 128 g/mol. The SMILES string of the molecule is C=CC[C@@H](CO)C(C)C. The van der Waals surface area contributed by atoms with Crippen LogP contribution in [0.25, 0.3) is 0 Å². The van der Waals surface area contributed by atoms with Crippen molar-refractivity contribution in [3.8, 4) is 0 Å². The molecule has 9 heavy (non-hydrogen) atoms. The van der Waals surface area contributed by atoms with Crippen molar-refractivity contribution in [3.05, 3.63) is 12.7 Å². The van der Waals surface area contributed by atoms with Gasteiger partial charge in [-0.15, -0.1) is 6.58 Å². The van der Waals surface area contributed by atoms with Crippen molar-refractivity contribution in [3.63, 3.8) is 0 Å². The molecule has 0 aliphatic rings. The smallest absolute Gasteiger partial charge is 0.0464 e. The van der Waals surface area contributed by atoms with E-state index in [9.17, 15) is 0 Å². The van der Waals surface area contributed by atoms with Gasteiger partial charge < -0.3 is 5.11 Å². The number of rotatable bonds is 4. The summed E-state index contributed by atoms with van der Waals surface area (Å²) < 4.78 is 0. The van der Waals surface area contributed by atoms with E-state index in [-0.39, 0.29) is 6.61 Å². The monoisotopic (exact) mass is 128 g/mol. The van der Waals surface area contributed by atoms with Gasteiger partial charge in [0, 0.05) is 6.61 Å². The number of hydrogen-bond donors (Lipinski definition) is 1. The van der Waals surface area contributed by atoms with E-state index in [0.717, 1.165) is 6.42 Å². The lowest BCUT2D eigenvalue weighted by molar-refractivity contribution is 0.191. The molecule has 0 aromatic heterocycles. The summed E-state index contributed by atoms with van der Waals surface area (Å²) in [5, 5.41) is 8.78. The van der Waals surface area contributed by atoms with E-state index in [4.69, 9.17) is 5.11 Å². The second kappa shape index (κ2) is 4.57. The van der Waals surface area contributed by atoms with Crippen LogP contribution < -0.4 is 0 Å². The molecule has 0 unspecified atom stereocenters. The van der Waals surface area contributed by atoms with E-state index in [2.05, 4.69) is 20.4 Å². The van der Waals surface area contributed by atoms with Gasteiger partial charge in [-0.05, 0) is 18.3 Å². The van der Waals surface area contributed by atoms with Crippen LogP contribution in [0.3, 0.4) is 0 Å². The van der Waals surface area contributed by atoms with Gasteiger partial charge in [0.2, 0.25) is 0 Å². The molecule has 1 heteroatoms. The molecule has 0 aliphatic heterocycles. The zero-order valence-corrected chi connectivity index (χ0v) is 6.30. The molecule has 0 aromatic carbocycles. The highest BCUT2D eigenvalue weighted by Crippen LogP contribution is 2.13. The Kier molecular flexibility index (Phi) is 4.41. The molecule has 54 valence electrons. The molecular formula is C8H16O. The molecule has 0 bridgehead atoms. The van der Waals surface area contributed by atoms with Crippen LogP contribution in [-0.2, 0) is 0 Å². The predicted octanol–water partition coefficient (Wildman–Crippen LogP) is 1.83. The van der Waals surface area contributed by atoms with Gasteiger partial charge in [-0.2, -0.15) is 0 Å². The quantitative estimate of drug-likeness (QED) is 0.573. The number of aliphatic hydroxyl groups is 1. The molecule has 0 aliphatic carbocycles. The Hall–Kier alpha value is -0.300. The van der Waals surface area contributed by atoms with Crippen LogP contribution in [0.4, 0.5) is 0 Å². The number of allylic oxidation sites excluding steroid dienone is 1. The Bertz CT molecular complexity index is 76.6. The largest absolute Gasteiger partial charge is 0.396 e. The lowest BCUT2D eigenvalue weighted by Crippen LogP contribution is -2.11. The normalized spacial score (nSPS) is 13.8. The van der Waals surface area contributed by atoms with Crippen LogP contribution >= 0.6 is 0 Å². The van der Waals surface area contributed by atoms with Gasteiger partial charge in [-0.1, -0.05) is 19.9 Å². The summed E-state index contributed by atoms with van der Waals surface area (Å²) in [4.78, 5) is 0. The topological polar surface area (TPSA) is 20.2 Å². The molecule has 0 aromatic rings. The second-order valence-electron chi connectivity index (χ2n) is 2.71. The van der Waals surface area contributed by atoms with Crippen molar-refractivity contribution in [2.45, 2.75) is 20.3 Å². The third kappa shape index (κ3) is 3.31. The van der Waals surface area contributed by atoms with Crippen LogP contribution in [0, 0.1) is 11.8 Å². The molecule has 0 saturated heterocycles. The first kappa shape index (κ1) is 8.70. The molecule has 0 radical (unpaired) electrons. The first-order valence-corrected chi connectivity index (χ1v) is 3.44. The fraction of sp³-hybridized carbons (Fsp3) is 0.750. The summed E-state index contributed by atoms with van der Waals surface area (Å²) in [6, 6.07) is 0. The summed E-state index contributed by atoms with van der Waals surface area (Å²) in [6.07, 6.45) is 2.79. The summed E-state index contributed by atoms with van der Waals surface area (Å²) in [5.74, 6) is 0.968. The van der Waals surface area contributed by atoms with Crippen molar-refractivity contribution >= 4 is 0 Å². The van der Waals surface area contributed by atoms with Crippen molar-refractivity contribution in [2.24, 2.45) is 11.8 Å². The molecule has 0 rings (SSSR count). The van der Waals surface area contributed by atoms with E-state index >= 15 is 0 Å². The zero-order chi connectivity index (χ0) is 7.28. The van der Waals surface area contributed by atoms with Crippen LogP contribution in [0.2, 0.25) is 0 Å². The Balaban J connectivity index is 3.53. The van der Waals surface area contributed by atoms with Gasteiger partial charge in [0.1, 0.15) is 0 Å². The van der Waals surface area contributed by atoms with Crippen molar-refractivity contribution in [2.75, 3.05) is 6.61 Å². The first-order valence-electron chi connectivity index (χ1n) is 3.44. The van der Waals surface area contributed by atoms with Gasteiger partial charge in [-0.3, -0.25) is 0 Å². The molecule has 1 nitrogen and oxygen atoms in total. The Labute approximate surface area is 57.4 Å². The zero-order valence-electron chi connectivity index (χ0n) is 6.30. The van der Waals surface area contributed by atoms with Gasteiger partial charge >= 0.3 is 0 Å². The van der Waals surface area contributed by atoms with Crippen LogP contribution in [-0.4, -0.2) is 11.7 Å². The van der Waals surface area contributed by atoms with Crippen LogP contribution in [0.5, 0.6) is 0 Å². The summed E-state index contributed by atoms with van der Waals surface area (Å²) in [5.41, 5.74) is 0. The molecule has 1 N–H and O–H groups in total. The molecule has 0 heterocycles. The Morgan fingerprint density at radius 2 is 2.11 bits per heavy atom. The van der Waals surface area contributed by atoms with Gasteiger partial charge in [0.15, 0.2) is 0 Å². The van der Waals surface area contributed by atoms with Crippen LogP contribution in [0.1, 0.15) is 20.3 Å². The summed E-state index contributed by atoms with van der Waals surface area (Å²) in [6.45, 7) is 8.13. The molecule has 1 atom stereocenters.